The van der Waals surface area contributed by atoms with Gasteiger partial charge in [-0.1, -0.05) is 42.8 Å². The van der Waals surface area contributed by atoms with Gasteiger partial charge in [-0.2, -0.15) is 0 Å². The summed E-state index contributed by atoms with van der Waals surface area (Å²) in [5.41, 5.74) is 2.49. The largest absolute Gasteiger partial charge is 0.394 e. The lowest BCUT2D eigenvalue weighted by Crippen LogP contribution is -2.30. The van der Waals surface area contributed by atoms with Crippen molar-refractivity contribution in [1.82, 2.24) is 10.3 Å². The van der Waals surface area contributed by atoms with E-state index >= 15 is 0 Å². The Morgan fingerprint density at radius 3 is 2.62 bits per heavy atom. The molecule has 1 aromatic heterocycles. The minimum Gasteiger partial charge on any atom is -0.394 e. The first-order valence-electron chi connectivity index (χ1n) is 6.76. The Morgan fingerprint density at radius 1 is 1.33 bits per heavy atom. The Morgan fingerprint density at radius 2 is 2.05 bits per heavy atom. The van der Waals surface area contributed by atoms with E-state index in [2.05, 4.69) is 17.2 Å². The molecule has 0 aliphatic rings. The van der Waals surface area contributed by atoms with E-state index in [1.165, 1.54) is 17.8 Å². The summed E-state index contributed by atoms with van der Waals surface area (Å²) < 4.78 is 0. The highest BCUT2D eigenvalue weighted by atomic mass is 35.5. The second kappa shape index (κ2) is 7.20. The third-order valence-corrected chi connectivity index (χ3v) is 3.47. The fourth-order valence-corrected chi connectivity index (χ4v) is 2.18. The maximum Gasteiger partial charge on any atom is 0.252 e. The number of hydrogen-bond acceptors (Lipinski definition) is 3. The first-order chi connectivity index (χ1) is 10.1. The van der Waals surface area contributed by atoms with Crippen LogP contribution in [0.4, 0.5) is 0 Å². The van der Waals surface area contributed by atoms with Crippen molar-refractivity contribution in [1.29, 1.82) is 0 Å². The molecule has 1 aromatic carbocycles. The van der Waals surface area contributed by atoms with Gasteiger partial charge in [0.2, 0.25) is 0 Å². The van der Waals surface area contributed by atoms with Crippen molar-refractivity contribution < 1.29 is 9.90 Å². The molecule has 2 N–H and O–H groups in total. The van der Waals surface area contributed by atoms with Gasteiger partial charge in [0.15, 0.2) is 0 Å². The summed E-state index contributed by atoms with van der Waals surface area (Å²) in [6.45, 7) is 1.91. The predicted molar refractivity (Wildman–Crippen MR) is 82.4 cm³/mol. The summed E-state index contributed by atoms with van der Waals surface area (Å²) in [7, 11) is 0. The standard InChI is InChI=1S/C16H17ClN2O2/c1-2-11-3-5-12(6-4-11)14(10-20)19-16(21)13-7-8-18-15(17)9-13/h3-9,14,20H,2,10H2,1H3,(H,19,21). The summed E-state index contributed by atoms with van der Waals surface area (Å²) in [4.78, 5) is 16.0. The maximum absolute atomic E-state index is 12.2. The molecule has 1 atom stereocenters. The molecular weight excluding hydrogens is 288 g/mol. The fraction of sp³-hybridized carbons (Fsp3) is 0.250. The lowest BCUT2D eigenvalue weighted by molar-refractivity contribution is 0.0916. The summed E-state index contributed by atoms with van der Waals surface area (Å²) in [6.07, 6.45) is 2.42. The van der Waals surface area contributed by atoms with Gasteiger partial charge < -0.3 is 10.4 Å². The lowest BCUT2D eigenvalue weighted by Gasteiger charge is -2.17. The average molecular weight is 305 g/mol. The van der Waals surface area contributed by atoms with Crippen LogP contribution in [0.25, 0.3) is 0 Å². The van der Waals surface area contributed by atoms with Gasteiger partial charge in [0.05, 0.1) is 12.6 Å². The third kappa shape index (κ3) is 4.03. The van der Waals surface area contributed by atoms with Crippen molar-refractivity contribution in [3.05, 3.63) is 64.4 Å². The number of hydrogen-bond donors (Lipinski definition) is 2. The van der Waals surface area contributed by atoms with Crippen LogP contribution in [-0.2, 0) is 6.42 Å². The number of pyridine rings is 1. The number of amides is 1. The van der Waals surface area contributed by atoms with E-state index in [-0.39, 0.29) is 17.7 Å². The van der Waals surface area contributed by atoms with Crippen LogP contribution in [0.1, 0.15) is 34.5 Å². The maximum atomic E-state index is 12.2. The molecule has 5 heteroatoms. The van der Waals surface area contributed by atoms with Crippen LogP contribution >= 0.6 is 11.6 Å². The van der Waals surface area contributed by atoms with Crippen molar-refractivity contribution in [2.75, 3.05) is 6.61 Å². The molecule has 0 fully saturated rings. The van der Waals surface area contributed by atoms with Crippen LogP contribution in [0.15, 0.2) is 42.6 Å². The first-order valence-corrected chi connectivity index (χ1v) is 7.14. The Labute approximate surface area is 128 Å². The second-order valence-corrected chi connectivity index (χ2v) is 5.06. The molecule has 1 amide bonds. The number of aliphatic hydroxyl groups excluding tert-OH is 1. The Balaban J connectivity index is 2.12. The molecule has 0 bridgehead atoms. The number of rotatable bonds is 5. The predicted octanol–water partition coefficient (Wildman–Crippen LogP) is 2.76. The zero-order valence-corrected chi connectivity index (χ0v) is 12.5. The number of carbonyl (C=O) groups excluding carboxylic acids is 1. The molecular formula is C16H17ClN2O2. The van der Waals surface area contributed by atoms with Gasteiger partial charge in [-0.05, 0) is 29.7 Å². The quantitative estimate of drug-likeness (QED) is 0.835. The molecule has 0 spiro atoms. The normalized spacial score (nSPS) is 12.0. The van der Waals surface area contributed by atoms with E-state index in [1.54, 1.807) is 6.07 Å². The van der Waals surface area contributed by atoms with Crippen molar-refractivity contribution in [2.45, 2.75) is 19.4 Å². The van der Waals surface area contributed by atoms with E-state index in [0.717, 1.165) is 12.0 Å². The SMILES string of the molecule is CCc1ccc(C(CO)NC(=O)c2ccnc(Cl)c2)cc1. The summed E-state index contributed by atoms with van der Waals surface area (Å²) in [5.74, 6) is -0.294. The number of benzene rings is 1. The minimum absolute atomic E-state index is 0.171. The Bertz CT molecular complexity index is 614. The Hall–Kier alpha value is -1.91. The zero-order chi connectivity index (χ0) is 15.2. The number of aryl methyl sites for hydroxylation is 1. The molecule has 21 heavy (non-hydrogen) atoms. The van der Waals surface area contributed by atoms with E-state index in [1.807, 2.05) is 24.3 Å². The number of carbonyl (C=O) groups is 1. The molecule has 0 saturated heterocycles. The van der Waals surface area contributed by atoms with Gasteiger partial charge in [0.1, 0.15) is 5.15 Å². The van der Waals surface area contributed by atoms with Gasteiger partial charge in [-0.25, -0.2) is 4.98 Å². The minimum atomic E-state index is -0.449. The fourth-order valence-electron chi connectivity index (χ4n) is 2.01. The van der Waals surface area contributed by atoms with Gasteiger partial charge in [0.25, 0.3) is 5.91 Å². The van der Waals surface area contributed by atoms with Crippen LogP contribution in [-0.4, -0.2) is 22.6 Å². The van der Waals surface area contributed by atoms with Crippen LogP contribution in [0.2, 0.25) is 5.15 Å². The van der Waals surface area contributed by atoms with E-state index in [9.17, 15) is 9.90 Å². The topological polar surface area (TPSA) is 62.2 Å². The molecule has 1 unspecified atom stereocenters. The molecule has 0 aliphatic heterocycles. The molecule has 110 valence electrons. The molecule has 0 radical (unpaired) electrons. The van der Waals surface area contributed by atoms with Gasteiger partial charge in [-0.15, -0.1) is 0 Å². The third-order valence-electron chi connectivity index (χ3n) is 3.27. The highest BCUT2D eigenvalue weighted by Gasteiger charge is 2.15. The molecule has 0 saturated carbocycles. The van der Waals surface area contributed by atoms with Gasteiger partial charge in [0, 0.05) is 11.8 Å². The molecule has 4 nitrogen and oxygen atoms in total. The van der Waals surface area contributed by atoms with Gasteiger partial charge >= 0.3 is 0 Å². The highest BCUT2D eigenvalue weighted by molar-refractivity contribution is 6.29. The first kappa shape index (κ1) is 15.5. The van der Waals surface area contributed by atoms with Crippen LogP contribution < -0.4 is 5.32 Å². The molecule has 0 aliphatic carbocycles. The van der Waals surface area contributed by atoms with Crippen molar-refractivity contribution in [3.8, 4) is 0 Å². The smallest absolute Gasteiger partial charge is 0.252 e. The zero-order valence-electron chi connectivity index (χ0n) is 11.7. The van der Waals surface area contributed by atoms with E-state index in [4.69, 9.17) is 11.6 Å². The van der Waals surface area contributed by atoms with Crippen LogP contribution in [0.3, 0.4) is 0 Å². The number of halogens is 1. The van der Waals surface area contributed by atoms with Crippen LogP contribution in [0, 0.1) is 0 Å². The summed E-state index contributed by atoms with van der Waals surface area (Å²) >= 11 is 5.77. The second-order valence-electron chi connectivity index (χ2n) is 4.67. The van der Waals surface area contributed by atoms with Crippen LogP contribution in [0.5, 0.6) is 0 Å². The van der Waals surface area contributed by atoms with Gasteiger partial charge in [-0.3, -0.25) is 4.79 Å². The van der Waals surface area contributed by atoms with Crippen molar-refractivity contribution >= 4 is 17.5 Å². The van der Waals surface area contributed by atoms with E-state index < -0.39 is 6.04 Å². The number of nitrogens with one attached hydrogen (secondary N) is 1. The van der Waals surface area contributed by atoms with Crippen molar-refractivity contribution in [2.24, 2.45) is 0 Å². The number of aromatic nitrogens is 1. The monoisotopic (exact) mass is 304 g/mol. The summed E-state index contributed by atoms with van der Waals surface area (Å²) in [6, 6.07) is 10.4. The molecule has 1 heterocycles. The Kier molecular flexibility index (Phi) is 5.31. The van der Waals surface area contributed by atoms with E-state index in [0.29, 0.717) is 5.56 Å². The number of nitrogens with zero attached hydrogens (tertiary/aromatic N) is 1. The molecule has 2 rings (SSSR count). The molecule has 2 aromatic rings. The summed E-state index contributed by atoms with van der Waals surface area (Å²) in [5, 5.41) is 12.6. The highest BCUT2D eigenvalue weighted by Crippen LogP contribution is 2.15. The number of aliphatic hydroxyl groups is 1. The lowest BCUT2D eigenvalue weighted by atomic mass is 10.0. The average Bonchev–Trinajstić information content (AvgIpc) is 2.52. The van der Waals surface area contributed by atoms with Crippen molar-refractivity contribution in [3.63, 3.8) is 0 Å².